The van der Waals surface area contributed by atoms with Crippen LogP contribution in [0.5, 0.6) is 0 Å². The highest BCUT2D eigenvalue weighted by Crippen LogP contribution is 2.31. The van der Waals surface area contributed by atoms with Crippen LogP contribution in [0.2, 0.25) is 0 Å². The van der Waals surface area contributed by atoms with Crippen LogP contribution in [-0.2, 0) is 4.74 Å². The van der Waals surface area contributed by atoms with Crippen molar-refractivity contribution in [2.75, 3.05) is 31.3 Å². The summed E-state index contributed by atoms with van der Waals surface area (Å²) in [5.41, 5.74) is 8.20. The van der Waals surface area contributed by atoms with Gasteiger partial charge in [0.2, 0.25) is 0 Å². The van der Waals surface area contributed by atoms with Gasteiger partial charge in [-0.25, -0.2) is 0 Å². The molecular weight excluding hydrogens is 296 g/mol. The van der Waals surface area contributed by atoms with Crippen molar-refractivity contribution in [3.63, 3.8) is 0 Å². The van der Waals surface area contributed by atoms with E-state index in [1.807, 2.05) is 19.1 Å². The molecule has 1 fully saturated rings. The lowest BCUT2D eigenvalue weighted by Gasteiger charge is -2.38. The average molecular weight is 315 g/mol. The van der Waals surface area contributed by atoms with Gasteiger partial charge in [0.25, 0.3) is 0 Å². The Hall–Kier alpha value is -0.620. The van der Waals surface area contributed by atoms with Crippen LogP contribution < -0.4 is 10.6 Å². The van der Waals surface area contributed by atoms with E-state index in [1.165, 1.54) is 0 Å². The molecule has 0 radical (unpaired) electrons. The maximum absolute atomic E-state index is 9.46. The highest BCUT2D eigenvalue weighted by Gasteiger charge is 2.25. The minimum atomic E-state index is -0.0321. The number of aliphatic hydroxyl groups excluding tert-OH is 1. The lowest BCUT2D eigenvalue weighted by atomic mass is 10.0. The zero-order valence-corrected chi connectivity index (χ0v) is 12.1. The second kappa shape index (κ2) is 6.02. The Bertz CT molecular complexity index is 412. The van der Waals surface area contributed by atoms with Gasteiger partial charge in [0, 0.05) is 22.7 Å². The Kier molecular flexibility index (Phi) is 4.61. The summed E-state index contributed by atoms with van der Waals surface area (Å²) in [5, 5.41) is 9.46. The van der Waals surface area contributed by atoms with Crippen molar-refractivity contribution in [1.82, 2.24) is 0 Å². The van der Waals surface area contributed by atoms with E-state index in [2.05, 4.69) is 26.9 Å². The third-order valence-corrected chi connectivity index (χ3v) is 3.72. The monoisotopic (exact) mass is 314 g/mol. The van der Waals surface area contributed by atoms with E-state index in [0.717, 1.165) is 22.3 Å². The summed E-state index contributed by atoms with van der Waals surface area (Å²) >= 11 is 3.49. The Balaban J connectivity index is 2.37. The number of hydrogen-bond acceptors (Lipinski definition) is 4. The van der Waals surface area contributed by atoms with Crippen LogP contribution in [0.25, 0.3) is 0 Å². The third kappa shape index (κ3) is 2.85. The Labute approximate surface area is 116 Å². The molecule has 0 saturated carbocycles. The highest BCUT2D eigenvalue weighted by atomic mass is 79.9. The Morgan fingerprint density at radius 3 is 3.06 bits per heavy atom. The molecule has 0 aromatic heterocycles. The SMILES string of the molecule is CC(N)c1ccc(Br)cc1N1CCOCC1CO. The fourth-order valence-corrected chi connectivity index (χ4v) is 2.62. The molecule has 1 aromatic carbocycles. The van der Waals surface area contributed by atoms with Crippen molar-refractivity contribution in [2.45, 2.75) is 19.0 Å². The predicted octanol–water partition coefficient (Wildman–Crippen LogP) is 1.67. The maximum Gasteiger partial charge on any atom is 0.0755 e. The molecule has 100 valence electrons. The molecule has 2 atom stereocenters. The minimum Gasteiger partial charge on any atom is -0.394 e. The van der Waals surface area contributed by atoms with Gasteiger partial charge in [-0.2, -0.15) is 0 Å². The lowest BCUT2D eigenvalue weighted by Crippen LogP contribution is -2.48. The van der Waals surface area contributed by atoms with Gasteiger partial charge in [-0.05, 0) is 24.6 Å². The van der Waals surface area contributed by atoms with Crippen LogP contribution in [0.4, 0.5) is 5.69 Å². The summed E-state index contributed by atoms with van der Waals surface area (Å²) < 4.78 is 6.43. The summed E-state index contributed by atoms with van der Waals surface area (Å²) in [6.45, 7) is 4.08. The van der Waals surface area contributed by atoms with E-state index in [0.29, 0.717) is 13.2 Å². The quantitative estimate of drug-likeness (QED) is 0.891. The molecule has 1 heterocycles. The molecule has 1 aliphatic rings. The first-order chi connectivity index (χ1) is 8.63. The van der Waals surface area contributed by atoms with Crippen molar-refractivity contribution >= 4 is 21.6 Å². The molecule has 0 spiro atoms. The van der Waals surface area contributed by atoms with Crippen LogP contribution in [0.1, 0.15) is 18.5 Å². The van der Waals surface area contributed by atoms with Gasteiger partial charge in [-0.15, -0.1) is 0 Å². The third-order valence-electron chi connectivity index (χ3n) is 3.23. The Morgan fingerprint density at radius 1 is 1.61 bits per heavy atom. The van der Waals surface area contributed by atoms with Crippen molar-refractivity contribution in [3.05, 3.63) is 28.2 Å². The number of halogens is 1. The standard InChI is InChI=1S/C13H19BrN2O2/c1-9(15)12-3-2-10(14)6-13(12)16-4-5-18-8-11(16)7-17/h2-3,6,9,11,17H,4-5,7-8,15H2,1H3. The van der Waals surface area contributed by atoms with Crippen molar-refractivity contribution in [3.8, 4) is 0 Å². The Morgan fingerprint density at radius 2 is 2.39 bits per heavy atom. The summed E-state index contributed by atoms with van der Waals surface area (Å²) in [6.07, 6.45) is 0. The molecule has 0 bridgehead atoms. The maximum atomic E-state index is 9.46. The average Bonchev–Trinajstić information content (AvgIpc) is 2.38. The van der Waals surface area contributed by atoms with Gasteiger partial charge in [-0.1, -0.05) is 22.0 Å². The minimum absolute atomic E-state index is 0.00514. The molecule has 0 aliphatic carbocycles. The van der Waals surface area contributed by atoms with Gasteiger partial charge in [0.15, 0.2) is 0 Å². The molecule has 1 aromatic rings. The lowest BCUT2D eigenvalue weighted by molar-refractivity contribution is 0.0726. The van der Waals surface area contributed by atoms with Crippen molar-refractivity contribution in [1.29, 1.82) is 0 Å². The fourth-order valence-electron chi connectivity index (χ4n) is 2.27. The van der Waals surface area contributed by atoms with Crippen molar-refractivity contribution < 1.29 is 9.84 Å². The van der Waals surface area contributed by atoms with Gasteiger partial charge in [0.1, 0.15) is 0 Å². The van der Waals surface area contributed by atoms with Gasteiger partial charge in [-0.3, -0.25) is 0 Å². The molecule has 4 nitrogen and oxygen atoms in total. The molecule has 5 heteroatoms. The summed E-state index contributed by atoms with van der Waals surface area (Å²) in [6, 6.07) is 6.07. The number of anilines is 1. The van der Waals surface area contributed by atoms with E-state index in [-0.39, 0.29) is 18.7 Å². The molecule has 3 N–H and O–H groups in total. The van der Waals surface area contributed by atoms with Crippen LogP contribution in [-0.4, -0.2) is 37.5 Å². The molecule has 0 amide bonds. The fraction of sp³-hybridized carbons (Fsp3) is 0.538. The number of ether oxygens (including phenoxy) is 1. The van der Waals surface area contributed by atoms with E-state index in [9.17, 15) is 5.11 Å². The van der Waals surface area contributed by atoms with Crippen LogP contribution in [0, 0.1) is 0 Å². The second-order valence-corrected chi connectivity index (χ2v) is 5.51. The van der Waals surface area contributed by atoms with Gasteiger partial charge in [0.05, 0.1) is 25.9 Å². The first-order valence-electron chi connectivity index (χ1n) is 6.13. The van der Waals surface area contributed by atoms with E-state index in [1.54, 1.807) is 0 Å². The van der Waals surface area contributed by atoms with Crippen LogP contribution in [0.15, 0.2) is 22.7 Å². The number of aliphatic hydroxyl groups is 1. The molecule has 2 unspecified atom stereocenters. The topological polar surface area (TPSA) is 58.7 Å². The molecule has 18 heavy (non-hydrogen) atoms. The largest absolute Gasteiger partial charge is 0.394 e. The summed E-state index contributed by atoms with van der Waals surface area (Å²) in [4.78, 5) is 2.19. The number of nitrogens with zero attached hydrogens (tertiary/aromatic N) is 1. The zero-order chi connectivity index (χ0) is 13.1. The number of benzene rings is 1. The van der Waals surface area contributed by atoms with E-state index >= 15 is 0 Å². The van der Waals surface area contributed by atoms with Crippen LogP contribution >= 0.6 is 15.9 Å². The van der Waals surface area contributed by atoms with E-state index < -0.39 is 0 Å². The van der Waals surface area contributed by atoms with Crippen molar-refractivity contribution in [2.24, 2.45) is 5.73 Å². The predicted molar refractivity (Wildman–Crippen MR) is 75.8 cm³/mol. The summed E-state index contributed by atoms with van der Waals surface area (Å²) in [7, 11) is 0. The smallest absolute Gasteiger partial charge is 0.0755 e. The number of rotatable bonds is 3. The van der Waals surface area contributed by atoms with Gasteiger partial charge >= 0.3 is 0 Å². The number of hydrogen-bond donors (Lipinski definition) is 2. The second-order valence-electron chi connectivity index (χ2n) is 4.60. The molecule has 1 aliphatic heterocycles. The first-order valence-corrected chi connectivity index (χ1v) is 6.93. The summed E-state index contributed by atoms with van der Waals surface area (Å²) in [5.74, 6) is 0. The highest BCUT2D eigenvalue weighted by molar-refractivity contribution is 9.10. The number of nitrogens with two attached hydrogens (primary N) is 1. The van der Waals surface area contributed by atoms with E-state index in [4.69, 9.17) is 10.5 Å². The molecule has 1 saturated heterocycles. The zero-order valence-electron chi connectivity index (χ0n) is 10.5. The van der Waals surface area contributed by atoms with Crippen LogP contribution in [0.3, 0.4) is 0 Å². The number of morpholine rings is 1. The normalized spacial score (nSPS) is 22.0. The molecule has 2 rings (SSSR count). The van der Waals surface area contributed by atoms with Gasteiger partial charge < -0.3 is 20.5 Å². The first kappa shape index (κ1) is 13.8. The molecular formula is C13H19BrN2O2.